The van der Waals surface area contributed by atoms with Gasteiger partial charge in [-0.3, -0.25) is 0 Å². The van der Waals surface area contributed by atoms with Gasteiger partial charge in [-0.05, 0) is 183 Å². The summed E-state index contributed by atoms with van der Waals surface area (Å²) in [5.41, 5.74) is 76.1. The Morgan fingerprint density at radius 1 is 0.170 bits per heavy atom. The molecule has 0 radical (unpaired) electrons. The molecule has 0 spiro atoms. The highest BCUT2D eigenvalue weighted by Gasteiger charge is 2.18. The van der Waals surface area contributed by atoms with Crippen molar-refractivity contribution in [1.82, 2.24) is 0 Å². The maximum Gasteiger partial charge on any atom is 0.0781 e. The van der Waals surface area contributed by atoms with Gasteiger partial charge in [0.05, 0.1) is 68.4 Å². The third kappa shape index (κ3) is 15.5. The first-order chi connectivity index (χ1) is 48.6. The van der Waals surface area contributed by atoms with Gasteiger partial charge < -0.3 is 45.9 Å². The van der Waals surface area contributed by atoms with E-state index in [0.717, 1.165) is 146 Å². The van der Waals surface area contributed by atoms with Gasteiger partial charge in [-0.2, -0.15) is 0 Å². The van der Waals surface area contributed by atoms with Crippen LogP contribution in [0.3, 0.4) is 0 Å². The Kier molecular flexibility index (Phi) is 18.9. The van der Waals surface area contributed by atoms with E-state index in [1.807, 2.05) is 243 Å². The summed E-state index contributed by atoms with van der Waals surface area (Å²) in [5.74, 6) is 0. The van der Waals surface area contributed by atoms with Crippen molar-refractivity contribution in [2.24, 2.45) is 30.0 Å². The predicted octanol–water partition coefficient (Wildman–Crippen LogP) is 18.0. The van der Waals surface area contributed by atoms with Crippen molar-refractivity contribution in [3.63, 3.8) is 0 Å². The van der Waals surface area contributed by atoms with Gasteiger partial charge in [-0.1, -0.05) is 146 Å². The zero-order valence-electron chi connectivity index (χ0n) is 55.2. The molecule has 0 aromatic heterocycles. The molecule has 100 heavy (non-hydrogen) atoms. The van der Waals surface area contributed by atoms with Crippen LogP contribution in [0.1, 0.15) is 77.9 Å². The topological polar surface area (TPSA) is 282 Å². The van der Waals surface area contributed by atoms with Crippen LogP contribution in [-0.4, -0.2) is 34.3 Å². The lowest BCUT2D eigenvalue weighted by Gasteiger charge is -2.14. The predicted molar refractivity (Wildman–Crippen MR) is 420 cm³/mol. The minimum absolute atomic E-state index is 0.660. The number of nitrogen functional groups attached to an aromatic ring is 8. The second-order valence-electron chi connectivity index (χ2n) is 24.4. The summed E-state index contributed by atoms with van der Waals surface area (Å²) < 4.78 is 0. The van der Waals surface area contributed by atoms with Crippen molar-refractivity contribution in [2.75, 3.05) is 45.9 Å². The van der Waals surface area contributed by atoms with Crippen LogP contribution < -0.4 is 45.9 Å². The summed E-state index contributed by atoms with van der Waals surface area (Å²) >= 11 is 0. The lowest BCUT2D eigenvalue weighted by atomic mass is 9.99. The lowest BCUT2D eigenvalue weighted by Crippen LogP contribution is -2.05. The maximum absolute atomic E-state index is 6.15. The first-order valence-corrected chi connectivity index (χ1v) is 32.5. The highest BCUT2D eigenvalue weighted by atomic mass is 14.8. The molecule has 0 amide bonds. The van der Waals surface area contributed by atoms with E-state index in [0.29, 0.717) is 45.5 Å². The minimum atomic E-state index is 0.660. The maximum atomic E-state index is 6.15. The van der Waals surface area contributed by atoms with Crippen LogP contribution in [0.2, 0.25) is 0 Å². The lowest BCUT2D eigenvalue weighted by molar-refractivity contribution is 1.31. The van der Waals surface area contributed by atoms with Crippen LogP contribution in [0.5, 0.6) is 0 Å². The molecule has 0 unspecified atom stereocenters. The molecule has 13 rings (SSSR count). The van der Waals surface area contributed by atoms with Gasteiger partial charge in [0.15, 0.2) is 0 Å². The molecular weight excluding hydrogens is 1230 g/mol. The number of nitrogens with two attached hydrogens (primary N) is 8. The van der Waals surface area contributed by atoms with E-state index in [1.165, 1.54) is 0 Å². The number of aryl methyl sites for hydroxylation is 2. The largest absolute Gasteiger partial charge is 0.399 e. The van der Waals surface area contributed by atoms with Crippen molar-refractivity contribution in [1.29, 1.82) is 0 Å². The summed E-state index contributed by atoms with van der Waals surface area (Å²) in [6.45, 7) is 4.13. The van der Waals surface area contributed by atoms with Crippen molar-refractivity contribution in [3.8, 4) is 0 Å². The van der Waals surface area contributed by atoms with Crippen LogP contribution in [0.25, 0.3) is 0 Å². The molecule has 14 nitrogen and oxygen atoms in total. The third-order valence-corrected chi connectivity index (χ3v) is 17.0. The summed E-state index contributed by atoms with van der Waals surface area (Å²) in [6.07, 6.45) is 0. The monoisotopic (exact) mass is 1300 g/mol. The molecule has 0 fully saturated rings. The fraction of sp³-hybridized carbons (Fsp3) is 0.0233. The number of rotatable bonds is 18. The zero-order valence-corrected chi connectivity index (χ0v) is 55.2. The van der Waals surface area contributed by atoms with Crippen molar-refractivity contribution < 1.29 is 0 Å². The van der Waals surface area contributed by atoms with Crippen LogP contribution in [0.15, 0.2) is 333 Å². The third-order valence-electron chi connectivity index (χ3n) is 17.0. The molecule has 13 aromatic carbocycles. The number of hydrogen-bond donors (Lipinski definition) is 8. The molecule has 0 saturated carbocycles. The fourth-order valence-corrected chi connectivity index (χ4v) is 11.5. The van der Waals surface area contributed by atoms with Gasteiger partial charge in [0.25, 0.3) is 0 Å². The quantitative estimate of drug-likeness (QED) is 0.0301. The Balaban J connectivity index is 0.914. The minimum Gasteiger partial charge on any atom is -0.399 e. The SMILES string of the molecule is Cc1cc(N=C(c2ccc(N=C(c3ccc(N)cc3)c3ccc(N)cc3)cc2)c2ccc(N=C(c3ccc(N)cc3)c3ccc(N)cc3)cc2)c(C)cc1N=C(c1ccc(N=C(c2ccc(N)cc2)c2ccc(N)cc2)cc1)c1ccc(N=C(c2ccc(N)cc2)c2ccc(N)cc2)cc1. The molecule has 14 heteroatoms. The summed E-state index contributed by atoms with van der Waals surface area (Å²) in [4.78, 5) is 32.1. The number of aliphatic imine (C=N–C) groups is 6. The molecule has 0 bridgehead atoms. The first kappa shape index (κ1) is 65.0. The molecule has 0 aliphatic carbocycles. The van der Waals surface area contributed by atoms with Gasteiger partial charge in [-0.15, -0.1) is 0 Å². The highest BCUT2D eigenvalue weighted by molar-refractivity contribution is 6.19. The smallest absolute Gasteiger partial charge is 0.0781 e. The Morgan fingerprint density at radius 3 is 0.430 bits per heavy atom. The van der Waals surface area contributed by atoms with E-state index in [9.17, 15) is 0 Å². The molecule has 0 atom stereocenters. The standard InChI is InChI=1S/C86H72N14/c1-53-51-80(100-86(65-23-47-77(48-24-65)97-83(59-11-35-71(91)36-12-59)60-13-37-72(92)38-14-60)66-25-49-78(50-26-66)98-84(61-15-39-73(93)40-16-61)62-17-41-74(94)42-18-62)54(2)52-79(53)99-85(63-19-43-75(44-20-63)95-81(55-3-27-67(87)28-4-55)56-5-29-68(88)30-6-56)64-21-45-76(46-22-64)96-82(57-7-31-69(89)32-8-57)58-9-33-70(90)34-10-58/h3-52H,87-94H2,1-2H3. The normalized spacial score (nSPS) is 10.8. The number of benzene rings is 13. The van der Waals surface area contributed by atoms with Gasteiger partial charge in [0, 0.05) is 112 Å². The number of anilines is 8. The van der Waals surface area contributed by atoms with E-state index in [1.54, 1.807) is 0 Å². The highest BCUT2D eigenvalue weighted by Crippen LogP contribution is 2.34. The van der Waals surface area contributed by atoms with Gasteiger partial charge >= 0.3 is 0 Å². The Bertz CT molecular complexity index is 4430. The number of nitrogens with zero attached hydrogens (tertiary/aromatic N) is 6. The second kappa shape index (κ2) is 29.1. The average Bonchev–Trinajstić information content (AvgIpc) is 0.815. The molecule has 0 saturated heterocycles. The molecule has 0 aliphatic rings. The van der Waals surface area contributed by atoms with Gasteiger partial charge in [-0.25, -0.2) is 30.0 Å². The molecular formula is C86H72N14. The van der Waals surface area contributed by atoms with E-state index in [2.05, 4.69) is 74.5 Å². The first-order valence-electron chi connectivity index (χ1n) is 32.5. The number of hydrogen-bond acceptors (Lipinski definition) is 14. The van der Waals surface area contributed by atoms with Crippen LogP contribution in [0.4, 0.5) is 79.6 Å². The average molecular weight is 1300 g/mol. The van der Waals surface area contributed by atoms with Crippen LogP contribution in [0, 0.1) is 13.8 Å². The fourth-order valence-electron chi connectivity index (χ4n) is 11.5. The Hall–Kier alpha value is -13.7. The Labute approximate surface area is 581 Å². The van der Waals surface area contributed by atoms with Crippen molar-refractivity contribution in [2.45, 2.75) is 13.8 Å². The van der Waals surface area contributed by atoms with E-state index >= 15 is 0 Å². The molecule has 13 aromatic rings. The van der Waals surface area contributed by atoms with Gasteiger partial charge in [0.2, 0.25) is 0 Å². The van der Waals surface area contributed by atoms with E-state index < -0.39 is 0 Å². The van der Waals surface area contributed by atoms with Gasteiger partial charge in [0.1, 0.15) is 0 Å². The van der Waals surface area contributed by atoms with Crippen LogP contribution in [-0.2, 0) is 0 Å². The zero-order chi connectivity index (χ0) is 69.2. The Morgan fingerprint density at radius 2 is 0.290 bits per heavy atom. The molecule has 486 valence electrons. The molecule has 0 aliphatic heterocycles. The molecule has 16 N–H and O–H groups in total. The van der Waals surface area contributed by atoms with E-state index in [4.69, 9.17) is 75.8 Å². The van der Waals surface area contributed by atoms with E-state index in [-0.39, 0.29) is 0 Å². The summed E-state index contributed by atoms with van der Waals surface area (Å²) in [7, 11) is 0. The van der Waals surface area contributed by atoms with Crippen LogP contribution >= 0.6 is 0 Å². The van der Waals surface area contributed by atoms with Crippen molar-refractivity contribution in [3.05, 3.63) is 381 Å². The summed E-state index contributed by atoms with van der Waals surface area (Å²) in [6, 6.07) is 98.4. The molecule has 0 heterocycles. The summed E-state index contributed by atoms with van der Waals surface area (Å²) in [5, 5.41) is 0. The van der Waals surface area contributed by atoms with Crippen molar-refractivity contribution >= 4 is 114 Å². The second-order valence-corrected chi connectivity index (χ2v) is 24.4.